The molecule has 1 aromatic heterocycles. The van der Waals surface area contributed by atoms with Crippen molar-refractivity contribution >= 4 is 23.5 Å². The summed E-state index contributed by atoms with van der Waals surface area (Å²) in [5, 5.41) is 8.47. The number of rotatable bonds is 10. The van der Waals surface area contributed by atoms with Gasteiger partial charge in [0.05, 0.1) is 26.5 Å². The van der Waals surface area contributed by atoms with E-state index in [0.29, 0.717) is 29.7 Å². The third-order valence-electron chi connectivity index (χ3n) is 4.74. The second-order valence-corrected chi connectivity index (χ2v) is 7.17. The molecule has 2 aromatic carbocycles. The van der Waals surface area contributed by atoms with Gasteiger partial charge in [-0.2, -0.15) is 0 Å². The van der Waals surface area contributed by atoms with Gasteiger partial charge in [0.25, 0.3) is 0 Å². The van der Waals surface area contributed by atoms with Crippen LogP contribution in [0.4, 0.5) is 11.6 Å². The van der Waals surface area contributed by atoms with Crippen molar-refractivity contribution in [3.05, 3.63) is 60.3 Å². The van der Waals surface area contributed by atoms with Gasteiger partial charge in [-0.25, -0.2) is 9.97 Å². The number of nitrogens with one attached hydrogen (secondary N) is 3. The van der Waals surface area contributed by atoms with Crippen molar-refractivity contribution in [2.45, 2.75) is 13.3 Å². The first-order valence-electron chi connectivity index (χ1n) is 10.4. The van der Waals surface area contributed by atoms with Crippen LogP contribution in [0.15, 0.2) is 54.7 Å². The maximum atomic E-state index is 12.0. The number of amides is 2. The Bertz CT molecular complexity index is 1120. The molecule has 0 atom stereocenters. The number of ether oxygens (including phenoxy) is 2. The smallest absolute Gasteiger partial charge is 0.243 e. The lowest BCUT2D eigenvalue weighted by atomic mass is 10.1. The summed E-state index contributed by atoms with van der Waals surface area (Å²) < 4.78 is 10.6. The van der Waals surface area contributed by atoms with E-state index in [-0.39, 0.29) is 18.4 Å². The van der Waals surface area contributed by atoms with Crippen molar-refractivity contribution in [3.63, 3.8) is 0 Å². The Morgan fingerprint density at radius 1 is 1.00 bits per heavy atom. The molecule has 0 unspecified atom stereocenters. The van der Waals surface area contributed by atoms with Crippen LogP contribution in [0.2, 0.25) is 0 Å². The molecule has 3 N–H and O–H groups in total. The van der Waals surface area contributed by atoms with Crippen molar-refractivity contribution in [3.8, 4) is 22.8 Å². The third kappa shape index (κ3) is 6.93. The van der Waals surface area contributed by atoms with Crippen LogP contribution in [0.5, 0.6) is 11.5 Å². The normalized spacial score (nSPS) is 10.3. The summed E-state index contributed by atoms with van der Waals surface area (Å²) in [4.78, 5) is 31.8. The van der Waals surface area contributed by atoms with Gasteiger partial charge in [-0.15, -0.1) is 0 Å². The Kier molecular flexibility index (Phi) is 8.18. The van der Waals surface area contributed by atoms with Crippen molar-refractivity contribution in [2.24, 2.45) is 0 Å². The first-order valence-corrected chi connectivity index (χ1v) is 10.4. The Labute approximate surface area is 192 Å². The zero-order valence-electron chi connectivity index (χ0n) is 18.8. The molecule has 1 heterocycles. The summed E-state index contributed by atoms with van der Waals surface area (Å²) in [7, 11) is 3.22. The van der Waals surface area contributed by atoms with E-state index in [4.69, 9.17) is 9.47 Å². The number of benzene rings is 2. The molecule has 172 valence electrons. The zero-order chi connectivity index (χ0) is 23.6. The van der Waals surface area contributed by atoms with Crippen molar-refractivity contribution in [1.29, 1.82) is 0 Å². The molecule has 9 heteroatoms. The minimum atomic E-state index is -0.303. The molecule has 3 aromatic rings. The zero-order valence-corrected chi connectivity index (χ0v) is 18.8. The highest BCUT2D eigenvalue weighted by atomic mass is 16.5. The topological polar surface area (TPSA) is 114 Å². The van der Waals surface area contributed by atoms with E-state index >= 15 is 0 Å². The maximum Gasteiger partial charge on any atom is 0.243 e. The first-order chi connectivity index (χ1) is 16.0. The van der Waals surface area contributed by atoms with Crippen LogP contribution in [-0.2, 0) is 16.0 Å². The van der Waals surface area contributed by atoms with Crippen LogP contribution in [-0.4, -0.2) is 49.1 Å². The fourth-order valence-electron chi connectivity index (χ4n) is 3.13. The van der Waals surface area contributed by atoms with E-state index in [0.717, 1.165) is 23.2 Å². The van der Waals surface area contributed by atoms with Gasteiger partial charge in [-0.1, -0.05) is 18.2 Å². The highest BCUT2D eigenvalue weighted by Gasteiger charge is 2.08. The highest BCUT2D eigenvalue weighted by Crippen LogP contribution is 2.27. The van der Waals surface area contributed by atoms with Gasteiger partial charge in [-0.3, -0.25) is 9.59 Å². The van der Waals surface area contributed by atoms with Crippen LogP contribution in [0.3, 0.4) is 0 Å². The van der Waals surface area contributed by atoms with E-state index < -0.39 is 0 Å². The Hall–Kier alpha value is -4.14. The first kappa shape index (κ1) is 23.5. The largest absolute Gasteiger partial charge is 0.493 e. The Morgan fingerprint density at radius 2 is 1.82 bits per heavy atom. The molecule has 33 heavy (non-hydrogen) atoms. The summed E-state index contributed by atoms with van der Waals surface area (Å²) >= 11 is 0. The van der Waals surface area contributed by atoms with Crippen molar-refractivity contribution in [1.82, 2.24) is 15.3 Å². The fraction of sp³-hybridized carbons (Fsp3) is 0.250. The van der Waals surface area contributed by atoms with Gasteiger partial charge < -0.3 is 25.4 Å². The predicted molar refractivity (Wildman–Crippen MR) is 127 cm³/mol. The maximum absolute atomic E-state index is 12.0. The number of hydrogen-bond donors (Lipinski definition) is 3. The molecule has 0 fully saturated rings. The number of hydrogen-bond acceptors (Lipinski definition) is 7. The van der Waals surface area contributed by atoms with E-state index in [2.05, 4.69) is 25.9 Å². The van der Waals surface area contributed by atoms with Gasteiger partial charge in [0.2, 0.25) is 17.8 Å². The van der Waals surface area contributed by atoms with E-state index in [9.17, 15) is 9.59 Å². The summed E-state index contributed by atoms with van der Waals surface area (Å²) in [5.41, 5.74) is 3.26. The highest BCUT2D eigenvalue weighted by molar-refractivity contribution is 5.94. The summed E-state index contributed by atoms with van der Waals surface area (Å²) in [6.07, 6.45) is 2.44. The molecular weight excluding hydrogens is 422 g/mol. The molecule has 9 nitrogen and oxygen atoms in total. The molecule has 0 spiro atoms. The van der Waals surface area contributed by atoms with E-state index in [1.54, 1.807) is 32.5 Å². The molecule has 0 saturated heterocycles. The number of carbonyl (C=O) groups is 2. The molecule has 0 aliphatic heterocycles. The molecule has 0 aliphatic carbocycles. The van der Waals surface area contributed by atoms with Gasteiger partial charge in [0.15, 0.2) is 11.5 Å². The number of carbonyl (C=O) groups excluding carboxylic acids is 2. The molecule has 2 amide bonds. The van der Waals surface area contributed by atoms with Gasteiger partial charge in [0.1, 0.15) is 0 Å². The predicted octanol–water partition coefficient (Wildman–Crippen LogP) is 2.89. The number of anilines is 2. The SMILES string of the molecule is COc1ccc(CCNc2nccc(-c3cccc(NC(=O)CNC(C)=O)c3)n2)cc1OC. The number of nitrogens with zero attached hydrogens (tertiary/aromatic N) is 2. The lowest BCUT2D eigenvalue weighted by Gasteiger charge is -2.11. The van der Waals surface area contributed by atoms with Gasteiger partial charge >= 0.3 is 0 Å². The third-order valence-corrected chi connectivity index (χ3v) is 4.74. The average Bonchev–Trinajstić information content (AvgIpc) is 2.83. The van der Waals surface area contributed by atoms with Gasteiger partial charge in [0, 0.05) is 30.9 Å². The van der Waals surface area contributed by atoms with Crippen molar-refractivity contribution in [2.75, 3.05) is 37.9 Å². The molecular formula is C24H27N5O4. The average molecular weight is 450 g/mol. The molecule has 0 aliphatic rings. The second-order valence-electron chi connectivity index (χ2n) is 7.17. The lowest BCUT2D eigenvalue weighted by Crippen LogP contribution is -2.31. The molecule has 0 bridgehead atoms. The van der Waals surface area contributed by atoms with Crippen LogP contribution < -0.4 is 25.4 Å². The van der Waals surface area contributed by atoms with Crippen LogP contribution in [0, 0.1) is 0 Å². The molecule has 3 rings (SSSR count). The summed E-state index contributed by atoms with van der Waals surface area (Å²) in [6.45, 7) is 1.92. The quantitative estimate of drug-likeness (QED) is 0.436. The monoisotopic (exact) mass is 449 g/mol. The van der Waals surface area contributed by atoms with E-state index in [1.807, 2.05) is 36.4 Å². The van der Waals surface area contributed by atoms with Crippen LogP contribution in [0.25, 0.3) is 11.3 Å². The second kappa shape index (κ2) is 11.5. The Balaban J connectivity index is 1.62. The molecule has 0 radical (unpaired) electrons. The van der Waals surface area contributed by atoms with Crippen molar-refractivity contribution < 1.29 is 19.1 Å². The Morgan fingerprint density at radius 3 is 2.58 bits per heavy atom. The standard InChI is InChI=1S/C24H27N5O4/c1-16(30)27-15-23(31)28-19-6-4-5-18(14-19)20-10-12-26-24(29-20)25-11-9-17-7-8-21(32-2)22(13-17)33-3/h4-8,10,12-14H,9,11,15H2,1-3H3,(H,27,30)(H,28,31)(H,25,26,29). The number of aromatic nitrogens is 2. The summed E-state index contributed by atoms with van der Waals surface area (Å²) in [5.74, 6) is 1.33. The summed E-state index contributed by atoms with van der Waals surface area (Å²) in [6, 6.07) is 15.0. The van der Waals surface area contributed by atoms with Crippen LogP contribution in [0.1, 0.15) is 12.5 Å². The van der Waals surface area contributed by atoms with Gasteiger partial charge in [-0.05, 0) is 42.3 Å². The minimum Gasteiger partial charge on any atom is -0.493 e. The van der Waals surface area contributed by atoms with E-state index in [1.165, 1.54) is 6.92 Å². The van der Waals surface area contributed by atoms with Crippen LogP contribution >= 0.6 is 0 Å². The minimum absolute atomic E-state index is 0.0821. The lowest BCUT2D eigenvalue weighted by molar-refractivity contribution is -0.122. The fourth-order valence-corrected chi connectivity index (χ4v) is 3.13. The number of methoxy groups -OCH3 is 2. The molecule has 0 saturated carbocycles.